The SMILES string of the molecule is CN=C(NCCCOCC1CC1)NCCCc1ccc(OC)c(OC)c1.I. The van der Waals surface area contributed by atoms with Gasteiger partial charge in [-0.15, -0.1) is 24.0 Å². The van der Waals surface area contributed by atoms with Crippen LogP contribution in [0, 0.1) is 5.92 Å². The predicted molar refractivity (Wildman–Crippen MR) is 121 cm³/mol. The van der Waals surface area contributed by atoms with E-state index in [9.17, 15) is 0 Å². The third-order valence-electron chi connectivity index (χ3n) is 4.41. The molecule has 0 heterocycles. The fraction of sp³-hybridized carbons (Fsp3) is 0.650. The lowest BCUT2D eigenvalue weighted by Gasteiger charge is -2.12. The van der Waals surface area contributed by atoms with Gasteiger partial charge in [0.2, 0.25) is 0 Å². The molecule has 1 saturated carbocycles. The summed E-state index contributed by atoms with van der Waals surface area (Å²) < 4.78 is 16.3. The van der Waals surface area contributed by atoms with Gasteiger partial charge in [0.25, 0.3) is 0 Å². The molecule has 0 aliphatic heterocycles. The summed E-state index contributed by atoms with van der Waals surface area (Å²) in [5.41, 5.74) is 1.24. The first-order valence-electron chi connectivity index (χ1n) is 9.50. The molecule has 0 atom stereocenters. The van der Waals surface area contributed by atoms with Gasteiger partial charge in [-0.25, -0.2) is 0 Å². The largest absolute Gasteiger partial charge is 0.493 e. The Kier molecular flexibility index (Phi) is 12.2. The maximum atomic E-state index is 5.64. The molecule has 0 bridgehead atoms. The van der Waals surface area contributed by atoms with Crippen LogP contribution < -0.4 is 20.1 Å². The van der Waals surface area contributed by atoms with E-state index in [1.807, 2.05) is 12.1 Å². The average Bonchev–Trinajstić information content (AvgIpc) is 3.50. The van der Waals surface area contributed by atoms with Gasteiger partial charge in [0.05, 0.1) is 14.2 Å². The van der Waals surface area contributed by atoms with Crippen molar-refractivity contribution in [2.75, 3.05) is 47.6 Å². The Morgan fingerprint density at radius 3 is 2.41 bits per heavy atom. The summed E-state index contributed by atoms with van der Waals surface area (Å²) in [6.45, 7) is 3.50. The summed E-state index contributed by atoms with van der Waals surface area (Å²) in [6.07, 6.45) is 5.68. The number of aliphatic imine (C=N–C) groups is 1. The lowest BCUT2D eigenvalue weighted by atomic mass is 10.1. The van der Waals surface area contributed by atoms with Crippen molar-refractivity contribution in [3.63, 3.8) is 0 Å². The third-order valence-corrected chi connectivity index (χ3v) is 4.41. The molecule has 27 heavy (non-hydrogen) atoms. The number of ether oxygens (including phenoxy) is 3. The quantitative estimate of drug-likeness (QED) is 0.204. The van der Waals surface area contributed by atoms with E-state index in [0.717, 1.165) is 68.9 Å². The minimum atomic E-state index is 0. The second-order valence-corrected chi connectivity index (χ2v) is 6.59. The Labute approximate surface area is 180 Å². The lowest BCUT2D eigenvalue weighted by molar-refractivity contribution is 0.123. The Morgan fingerprint density at radius 1 is 1.07 bits per heavy atom. The van der Waals surface area contributed by atoms with Crippen LogP contribution in [-0.4, -0.2) is 53.5 Å². The topological polar surface area (TPSA) is 64.1 Å². The minimum absolute atomic E-state index is 0. The molecule has 0 amide bonds. The van der Waals surface area contributed by atoms with Crippen molar-refractivity contribution in [3.05, 3.63) is 23.8 Å². The number of nitrogens with one attached hydrogen (secondary N) is 2. The second-order valence-electron chi connectivity index (χ2n) is 6.59. The normalized spacial score (nSPS) is 13.7. The molecule has 154 valence electrons. The lowest BCUT2D eigenvalue weighted by Crippen LogP contribution is -2.38. The molecule has 0 saturated heterocycles. The third kappa shape index (κ3) is 9.51. The molecule has 0 spiro atoms. The molecule has 1 aromatic rings. The van der Waals surface area contributed by atoms with E-state index in [1.54, 1.807) is 21.3 Å². The van der Waals surface area contributed by atoms with Crippen LogP contribution in [0.5, 0.6) is 11.5 Å². The Morgan fingerprint density at radius 2 is 1.78 bits per heavy atom. The van der Waals surface area contributed by atoms with Gasteiger partial charge in [0.1, 0.15) is 0 Å². The number of hydrogen-bond donors (Lipinski definition) is 2. The van der Waals surface area contributed by atoms with Crippen LogP contribution in [0.3, 0.4) is 0 Å². The van der Waals surface area contributed by atoms with Crippen LogP contribution in [0.15, 0.2) is 23.2 Å². The van der Waals surface area contributed by atoms with Gasteiger partial charge in [-0.1, -0.05) is 6.07 Å². The number of aryl methyl sites for hydroxylation is 1. The van der Waals surface area contributed by atoms with E-state index < -0.39 is 0 Å². The Balaban J connectivity index is 0.00000364. The molecule has 0 radical (unpaired) electrons. The maximum absolute atomic E-state index is 5.64. The zero-order chi connectivity index (χ0) is 18.6. The van der Waals surface area contributed by atoms with Crippen LogP contribution in [-0.2, 0) is 11.2 Å². The van der Waals surface area contributed by atoms with Gasteiger partial charge in [0.15, 0.2) is 17.5 Å². The van der Waals surface area contributed by atoms with Gasteiger partial charge in [-0.3, -0.25) is 4.99 Å². The molecule has 2 N–H and O–H groups in total. The summed E-state index contributed by atoms with van der Waals surface area (Å²) in [5.74, 6) is 3.22. The molecular formula is C20H34IN3O3. The monoisotopic (exact) mass is 491 g/mol. The number of methoxy groups -OCH3 is 2. The molecule has 6 nitrogen and oxygen atoms in total. The summed E-state index contributed by atoms with van der Waals surface area (Å²) in [4.78, 5) is 4.26. The molecule has 1 aromatic carbocycles. The van der Waals surface area contributed by atoms with Gasteiger partial charge < -0.3 is 24.8 Å². The van der Waals surface area contributed by atoms with Crippen LogP contribution in [0.25, 0.3) is 0 Å². The summed E-state index contributed by atoms with van der Waals surface area (Å²) >= 11 is 0. The van der Waals surface area contributed by atoms with Gasteiger partial charge in [-0.2, -0.15) is 0 Å². The zero-order valence-electron chi connectivity index (χ0n) is 16.8. The van der Waals surface area contributed by atoms with Crippen molar-refractivity contribution >= 4 is 29.9 Å². The first kappa shape index (κ1) is 23.8. The zero-order valence-corrected chi connectivity index (χ0v) is 19.1. The number of halogens is 1. The van der Waals surface area contributed by atoms with Gasteiger partial charge in [-0.05, 0) is 55.7 Å². The predicted octanol–water partition coefficient (Wildman–Crippen LogP) is 3.24. The minimum Gasteiger partial charge on any atom is -0.493 e. The van der Waals surface area contributed by atoms with Crippen molar-refractivity contribution < 1.29 is 14.2 Å². The molecule has 2 rings (SSSR count). The highest BCUT2D eigenvalue weighted by Gasteiger charge is 2.20. The van der Waals surface area contributed by atoms with Crippen molar-refractivity contribution in [3.8, 4) is 11.5 Å². The summed E-state index contributed by atoms with van der Waals surface area (Å²) in [5, 5.41) is 6.68. The van der Waals surface area contributed by atoms with Gasteiger partial charge >= 0.3 is 0 Å². The second kappa shape index (κ2) is 13.9. The summed E-state index contributed by atoms with van der Waals surface area (Å²) in [6, 6.07) is 6.07. The summed E-state index contributed by atoms with van der Waals surface area (Å²) in [7, 11) is 5.11. The fourth-order valence-electron chi connectivity index (χ4n) is 2.67. The highest BCUT2D eigenvalue weighted by atomic mass is 127. The number of guanidine groups is 1. The number of nitrogens with zero attached hydrogens (tertiary/aromatic N) is 1. The number of hydrogen-bond acceptors (Lipinski definition) is 4. The molecule has 7 heteroatoms. The van der Waals surface area contributed by atoms with E-state index in [1.165, 1.54) is 18.4 Å². The molecule has 0 aromatic heterocycles. The number of benzene rings is 1. The van der Waals surface area contributed by atoms with Crippen molar-refractivity contribution in [1.29, 1.82) is 0 Å². The smallest absolute Gasteiger partial charge is 0.190 e. The number of rotatable bonds is 12. The van der Waals surface area contributed by atoms with E-state index in [2.05, 4.69) is 21.7 Å². The first-order valence-corrected chi connectivity index (χ1v) is 9.50. The molecule has 1 fully saturated rings. The highest BCUT2D eigenvalue weighted by Crippen LogP contribution is 2.29. The fourth-order valence-corrected chi connectivity index (χ4v) is 2.67. The van der Waals surface area contributed by atoms with Gasteiger partial charge in [0, 0.05) is 33.4 Å². The molecule has 1 aliphatic carbocycles. The van der Waals surface area contributed by atoms with Crippen LogP contribution in [0.4, 0.5) is 0 Å². The van der Waals surface area contributed by atoms with E-state index in [-0.39, 0.29) is 24.0 Å². The molecule has 0 unspecified atom stereocenters. The van der Waals surface area contributed by atoms with Crippen molar-refractivity contribution in [2.24, 2.45) is 10.9 Å². The van der Waals surface area contributed by atoms with Crippen LogP contribution in [0.1, 0.15) is 31.2 Å². The molecule has 1 aliphatic rings. The van der Waals surface area contributed by atoms with Crippen LogP contribution >= 0.6 is 24.0 Å². The standard InChI is InChI=1S/C20H33N3O3.HI/c1-21-20(23-12-5-13-26-15-17-7-8-17)22-11-4-6-16-9-10-18(24-2)19(14-16)25-3;/h9-10,14,17H,4-8,11-13,15H2,1-3H3,(H2,21,22,23);1H. The maximum Gasteiger partial charge on any atom is 0.190 e. The Bertz CT molecular complexity index is 565. The molecular weight excluding hydrogens is 457 g/mol. The van der Waals surface area contributed by atoms with Crippen molar-refractivity contribution in [1.82, 2.24) is 10.6 Å². The van der Waals surface area contributed by atoms with Crippen molar-refractivity contribution in [2.45, 2.75) is 32.1 Å². The Hall–Kier alpha value is -1.22. The van der Waals surface area contributed by atoms with Crippen LogP contribution in [0.2, 0.25) is 0 Å². The van der Waals surface area contributed by atoms with E-state index in [0.29, 0.717) is 0 Å². The first-order chi connectivity index (χ1) is 12.8. The average molecular weight is 491 g/mol. The van der Waals surface area contributed by atoms with E-state index >= 15 is 0 Å². The van der Waals surface area contributed by atoms with E-state index in [4.69, 9.17) is 14.2 Å². The highest BCUT2D eigenvalue weighted by molar-refractivity contribution is 14.0.